The topological polar surface area (TPSA) is 183 Å². The van der Waals surface area contributed by atoms with Gasteiger partial charge in [-0.05, 0) is 136 Å². The number of rotatable bonds is 13. The number of sulfonamides is 1. The van der Waals surface area contributed by atoms with Crippen molar-refractivity contribution in [1.29, 1.82) is 0 Å². The molecule has 0 radical (unpaired) electrons. The van der Waals surface area contributed by atoms with Gasteiger partial charge >= 0.3 is 0 Å². The normalized spacial score (nSPS) is 26.3. The molecule has 336 valence electrons. The SMILES string of the molecule is C[C@H]1C[C@@H](C2=C(CN3CCN(c4ccc(C(=O)NS(=O)(=O)c5ccc(NCC6CCC(O)CC6)c([N+](=O)[O-])c5)c(Oc5cnc6[nH]ccc6c5)c4)CC3)CCC(C)(C)C2)C2CC1C2. The summed E-state index contributed by atoms with van der Waals surface area (Å²) in [6.07, 6.45) is 13.7. The lowest BCUT2D eigenvalue weighted by molar-refractivity contribution is -0.384. The van der Waals surface area contributed by atoms with Gasteiger partial charge in [-0.3, -0.25) is 19.8 Å². The molecule has 6 aliphatic rings. The Morgan fingerprint density at radius 1 is 1.02 bits per heavy atom. The number of nitro groups is 1. The quantitative estimate of drug-likeness (QED) is 0.0573. The molecule has 4 saturated carbocycles. The third kappa shape index (κ3) is 9.46. The number of aromatic amines is 1. The van der Waals surface area contributed by atoms with Crippen LogP contribution in [0.25, 0.3) is 11.0 Å². The average molecular weight is 880 g/mol. The van der Waals surface area contributed by atoms with Crippen LogP contribution in [0.4, 0.5) is 17.1 Å². The van der Waals surface area contributed by atoms with E-state index < -0.39 is 31.4 Å². The number of aromatic nitrogens is 2. The van der Waals surface area contributed by atoms with Gasteiger partial charge in [-0.15, -0.1) is 0 Å². The summed E-state index contributed by atoms with van der Waals surface area (Å²) in [6.45, 7) is 12.2. The zero-order chi connectivity index (χ0) is 44.0. The molecular formula is C48H61N7O7S. The Morgan fingerprint density at radius 3 is 2.54 bits per heavy atom. The van der Waals surface area contributed by atoms with Crippen LogP contribution in [0.15, 0.2) is 77.0 Å². The lowest BCUT2D eigenvalue weighted by atomic mass is 9.52. The van der Waals surface area contributed by atoms with E-state index in [9.17, 15) is 28.4 Å². The number of anilines is 2. The molecule has 14 nitrogen and oxygen atoms in total. The van der Waals surface area contributed by atoms with Crippen LogP contribution in [0.5, 0.6) is 11.5 Å². The highest BCUT2D eigenvalue weighted by Crippen LogP contribution is 2.57. The molecule has 4 aromatic rings. The number of nitro benzene ring substituents is 1. The van der Waals surface area contributed by atoms with Gasteiger partial charge in [0.15, 0.2) is 0 Å². The second-order valence-electron chi connectivity index (χ2n) is 19.8. The standard InChI is InChI=1S/C48H61N7O7S/c1-30-20-41(35-21-34(30)22-35)42-26-48(2,3)14-12-33(42)29-53-16-18-54(19-17-53)36-6-10-40(45(24-36)62-38-23-32-13-15-49-46(32)51-28-38)47(57)52-63(60,61)39-9-11-43(44(25-39)55(58)59)50-27-31-4-7-37(56)8-5-31/h6,9-11,13,15,23-25,28,30-31,34-35,37,41,50,56H,4-5,7-8,12,14,16-22,26-27,29H2,1-3H3,(H,49,51)(H,52,57)/t30-,31?,34?,35?,37?,41+/m0/s1. The summed E-state index contributed by atoms with van der Waals surface area (Å²) in [5, 5.41) is 25.9. The molecule has 0 unspecified atom stereocenters. The molecule has 0 spiro atoms. The molecule has 63 heavy (non-hydrogen) atoms. The van der Waals surface area contributed by atoms with Crippen LogP contribution >= 0.6 is 0 Å². The molecule has 5 fully saturated rings. The van der Waals surface area contributed by atoms with Crippen molar-refractivity contribution >= 4 is 44.0 Å². The highest BCUT2D eigenvalue weighted by atomic mass is 32.2. The molecule has 2 bridgehead atoms. The third-order valence-corrected chi connectivity index (χ3v) is 16.3. The summed E-state index contributed by atoms with van der Waals surface area (Å²) in [7, 11) is -4.55. The molecule has 3 heterocycles. The molecule has 2 atom stereocenters. The van der Waals surface area contributed by atoms with Gasteiger partial charge in [0, 0.05) is 68.7 Å². The van der Waals surface area contributed by atoms with E-state index in [1.54, 1.807) is 41.7 Å². The molecule has 2 aromatic carbocycles. The van der Waals surface area contributed by atoms with Crippen LogP contribution in [0.3, 0.4) is 0 Å². The van der Waals surface area contributed by atoms with Crippen molar-refractivity contribution < 1.29 is 28.0 Å². The van der Waals surface area contributed by atoms with Crippen molar-refractivity contribution in [3.05, 3.63) is 87.7 Å². The molecule has 1 amide bonds. The number of allylic oxidation sites excluding steroid dienone is 1. The molecule has 5 aliphatic carbocycles. The first-order chi connectivity index (χ1) is 30.2. The Hall–Kier alpha value is -4.99. The zero-order valence-electron chi connectivity index (χ0n) is 36.6. The summed E-state index contributed by atoms with van der Waals surface area (Å²) >= 11 is 0. The number of H-pyrrole nitrogens is 1. The van der Waals surface area contributed by atoms with E-state index in [0.717, 1.165) is 86.4 Å². The smallest absolute Gasteiger partial charge is 0.293 e. The van der Waals surface area contributed by atoms with Gasteiger partial charge in [-0.1, -0.05) is 31.9 Å². The number of ether oxygens (including phenoxy) is 1. The first-order valence-corrected chi connectivity index (χ1v) is 24.4. The van der Waals surface area contributed by atoms with Crippen molar-refractivity contribution in [3.8, 4) is 11.5 Å². The Kier molecular flexibility index (Phi) is 12.0. The van der Waals surface area contributed by atoms with Crippen molar-refractivity contribution in [1.82, 2.24) is 19.6 Å². The predicted molar refractivity (Wildman–Crippen MR) is 244 cm³/mol. The molecular weight excluding hydrogens is 819 g/mol. The number of carbonyl (C=O) groups is 1. The minimum Gasteiger partial charge on any atom is -0.455 e. The maximum absolute atomic E-state index is 14.0. The van der Waals surface area contributed by atoms with E-state index in [-0.39, 0.29) is 29.0 Å². The van der Waals surface area contributed by atoms with Gasteiger partial charge in [-0.25, -0.2) is 18.1 Å². The van der Waals surface area contributed by atoms with Crippen LogP contribution in [-0.2, 0) is 10.0 Å². The minimum absolute atomic E-state index is 0.0185. The first kappa shape index (κ1) is 43.3. The summed E-state index contributed by atoms with van der Waals surface area (Å²) in [4.78, 5) is 37.4. The van der Waals surface area contributed by atoms with Gasteiger partial charge in [0.25, 0.3) is 21.6 Å². The van der Waals surface area contributed by atoms with E-state index in [2.05, 4.69) is 50.6 Å². The maximum Gasteiger partial charge on any atom is 0.293 e. The number of benzene rings is 2. The molecule has 15 heteroatoms. The number of aliphatic hydroxyl groups excluding tert-OH is 1. The Balaban J connectivity index is 0.916. The Labute approximate surface area is 370 Å². The van der Waals surface area contributed by atoms with Crippen LogP contribution in [0.1, 0.15) is 95.3 Å². The fourth-order valence-corrected chi connectivity index (χ4v) is 12.0. The highest BCUT2D eigenvalue weighted by Gasteiger charge is 2.47. The largest absolute Gasteiger partial charge is 0.455 e. The van der Waals surface area contributed by atoms with Gasteiger partial charge in [0.2, 0.25) is 0 Å². The Bertz CT molecular complexity index is 2500. The van der Waals surface area contributed by atoms with Crippen LogP contribution in [0.2, 0.25) is 0 Å². The van der Waals surface area contributed by atoms with Crippen molar-refractivity contribution in [2.45, 2.75) is 96.0 Å². The fourth-order valence-electron chi connectivity index (χ4n) is 11.0. The third-order valence-electron chi connectivity index (χ3n) is 15.0. The molecule has 1 aliphatic heterocycles. The number of fused-ring (bicyclic) bond motifs is 3. The van der Waals surface area contributed by atoms with E-state index in [1.807, 2.05) is 12.1 Å². The number of nitrogens with one attached hydrogen (secondary N) is 3. The van der Waals surface area contributed by atoms with Crippen LogP contribution < -0.4 is 19.7 Å². The zero-order valence-corrected chi connectivity index (χ0v) is 37.5. The van der Waals surface area contributed by atoms with E-state index in [4.69, 9.17) is 4.74 Å². The number of hydrogen-bond acceptors (Lipinski definition) is 11. The summed E-state index contributed by atoms with van der Waals surface area (Å²) in [5.41, 5.74) is 5.06. The number of amides is 1. The summed E-state index contributed by atoms with van der Waals surface area (Å²) < 4.78 is 35.9. The second-order valence-corrected chi connectivity index (χ2v) is 21.5. The number of hydrogen-bond donors (Lipinski definition) is 4. The number of pyridine rings is 1. The first-order valence-electron chi connectivity index (χ1n) is 22.9. The summed E-state index contributed by atoms with van der Waals surface area (Å²) in [6, 6.07) is 12.4. The van der Waals surface area contributed by atoms with E-state index in [0.29, 0.717) is 36.2 Å². The molecule has 2 aromatic heterocycles. The van der Waals surface area contributed by atoms with Gasteiger partial charge < -0.3 is 25.0 Å². The average Bonchev–Trinajstić information content (AvgIpc) is 3.71. The van der Waals surface area contributed by atoms with Crippen LogP contribution in [-0.4, -0.2) is 84.6 Å². The van der Waals surface area contributed by atoms with Crippen molar-refractivity contribution in [2.24, 2.45) is 35.0 Å². The Morgan fingerprint density at radius 2 is 1.79 bits per heavy atom. The monoisotopic (exact) mass is 879 g/mol. The van der Waals surface area contributed by atoms with Crippen LogP contribution in [0, 0.1) is 45.1 Å². The minimum atomic E-state index is -4.55. The molecule has 10 rings (SSSR count). The highest BCUT2D eigenvalue weighted by molar-refractivity contribution is 7.90. The van der Waals surface area contributed by atoms with Crippen molar-refractivity contribution in [2.75, 3.05) is 49.5 Å². The number of piperazine rings is 1. The number of carbonyl (C=O) groups excluding carboxylic acids is 1. The number of aliphatic hydroxyl groups is 1. The lowest BCUT2D eigenvalue weighted by Crippen LogP contribution is -2.48. The second kappa shape index (κ2) is 17.5. The lowest BCUT2D eigenvalue weighted by Gasteiger charge is -2.53. The van der Waals surface area contributed by atoms with E-state index in [1.165, 1.54) is 50.7 Å². The van der Waals surface area contributed by atoms with Gasteiger partial charge in [-0.2, -0.15) is 0 Å². The van der Waals surface area contributed by atoms with Gasteiger partial charge in [0.05, 0.1) is 27.7 Å². The predicted octanol–water partition coefficient (Wildman–Crippen LogP) is 8.66. The van der Waals surface area contributed by atoms with Crippen molar-refractivity contribution in [3.63, 3.8) is 0 Å². The summed E-state index contributed by atoms with van der Waals surface area (Å²) in [5.74, 6) is 3.19. The number of nitrogens with zero attached hydrogens (tertiary/aromatic N) is 4. The fraction of sp³-hybridized carbons (Fsp3) is 0.542. The molecule has 4 N–H and O–H groups in total. The maximum atomic E-state index is 14.0. The van der Waals surface area contributed by atoms with Gasteiger partial charge in [0.1, 0.15) is 22.8 Å². The van der Waals surface area contributed by atoms with E-state index >= 15 is 0 Å². The molecule has 1 saturated heterocycles.